The predicted octanol–water partition coefficient (Wildman–Crippen LogP) is 6.30. The molecule has 49 heavy (non-hydrogen) atoms. The van der Waals surface area contributed by atoms with Crippen molar-refractivity contribution >= 4 is 45.0 Å². The maximum atomic E-state index is 14.4. The number of carbonyl (C=O) groups is 1. The maximum Gasteiger partial charge on any atom is 0.338 e. The van der Waals surface area contributed by atoms with Gasteiger partial charge in [0.1, 0.15) is 6.61 Å². The molecule has 4 aromatic carbocycles. The summed E-state index contributed by atoms with van der Waals surface area (Å²) in [5.41, 5.74) is 3.41. The van der Waals surface area contributed by atoms with Crippen molar-refractivity contribution in [3.8, 4) is 23.0 Å². The lowest BCUT2D eigenvalue weighted by Crippen LogP contribution is -2.40. The lowest BCUT2D eigenvalue weighted by molar-refractivity contribution is -0.138. The lowest BCUT2D eigenvalue weighted by atomic mass is 9.93. The van der Waals surface area contributed by atoms with E-state index in [1.54, 1.807) is 43.9 Å². The first-order chi connectivity index (χ1) is 23.9. The van der Waals surface area contributed by atoms with E-state index in [-0.39, 0.29) is 17.7 Å². The fourth-order valence-electron chi connectivity index (χ4n) is 5.62. The fourth-order valence-corrected chi connectivity index (χ4v) is 7.20. The van der Waals surface area contributed by atoms with Crippen LogP contribution in [0.3, 0.4) is 0 Å². The van der Waals surface area contributed by atoms with Crippen LogP contribution in [0.1, 0.15) is 35.2 Å². The summed E-state index contributed by atoms with van der Waals surface area (Å²) >= 11 is 4.86. The number of esters is 1. The van der Waals surface area contributed by atoms with Crippen molar-refractivity contribution in [3.05, 3.63) is 143 Å². The van der Waals surface area contributed by atoms with E-state index < -0.39 is 12.0 Å². The zero-order valence-electron chi connectivity index (χ0n) is 27.3. The van der Waals surface area contributed by atoms with E-state index in [9.17, 15) is 9.59 Å². The molecule has 1 aromatic heterocycles. The number of benzene rings is 4. The highest BCUT2D eigenvalue weighted by molar-refractivity contribution is 9.10. The molecule has 0 radical (unpaired) electrons. The number of hydrogen-bond donors (Lipinski definition) is 0. The van der Waals surface area contributed by atoms with Gasteiger partial charge in [-0.25, -0.2) is 9.79 Å². The van der Waals surface area contributed by atoms with Crippen molar-refractivity contribution in [2.75, 3.05) is 27.9 Å². The molecule has 6 rings (SSSR count). The quantitative estimate of drug-likeness (QED) is 0.147. The van der Waals surface area contributed by atoms with Crippen LogP contribution in [-0.2, 0) is 16.1 Å². The molecule has 9 nitrogen and oxygen atoms in total. The summed E-state index contributed by atoms with van der Waals surface area (Å²) in [4.78, 5) is 33.5. The average Bonchev–Trinajstić information content (AvgIpc) is 3.44. The van der Waals surface area contributed by atoms with Crippen LogP contribution in [0.5, 0.6) is 23.0 Å². The summed E-state index contributed by atoms with van der Waals surface area (Å²) in [6.07, 6.45) is 1.78. The van der Waals surface area contributed by atoms with Gasteiger partial charge in [0.2, 0.25) is 0 Å². The van der Waals surface area contributed by atoms with Gasteiger partial charge in [0.25, 0.3) is 5.56 Å². The van der Waals surface area contributed by atoms with E-state index in [2.05, 4.69) is 15.9 Å². The largest absolute Gasteiger partial charge is 0.493 e. The molecule has 0 fully saturated rings. The van der Waals surface area contributed by atoms with Gasteiger partial charge in [0.05, 0.1) is 54.3 Å². The van der Waals surface area contributed by atoms with Gasteiger partial charge in [0.15, 0.2) is 27.8 Å². The van der Waals surface area contributed by atoms with Crippen LogP contribution in [0, 0.1) is 0 Å². The van der Waals surface area contributed by atoms with Gasteiger partial charge in [-0.05, 0) is 69.9 Å². The van der Waals surface area contributed by atoms with Crippen molar-refractivity contribution < 1.29 is 28.5 Å². The van der Waals surface area contributed by atoms with Crippen LogP contribution < -0.4 is 33.8 Å². The lowest BCUT2D eigenvalue weighted by Gasteiger charge is -2.26. The number of fused-ring (bicyclic) bond motifs is 1. The molecule has 0 saturated heterocycles. The fraction of sp³-hybridized carbons (Fsp3) is 0.184. The summed E-state index contributed by atoms with van der Waals surface area (Å²) in [7, 11) is 4.66. The van der Waals surface area contributed by atoms with E-state index >= 15 is 0 Å². The molecule has 1 aliphatic heterocycles. The Morgan fingerprint density at radius 3 is 2.27 bits per heavy atom. The summed E-state index contributed by atoms with van der Waals surface area (Å²) in [5, 5.41) is 0. The minimum absolute atomic E-state index is 0.148. The van der Waals surface area contributed by atoms with Gasteiger partial charge in [-0.2, -0.15) is 0 Å². The van der Waals surface area contributed by atoms with Crippen molar-refractivity contribution in [1.82, 2.24) is 4.57 Å². The van der Waals surface area contributed by atoms with Crippen LogP contribution in [-0.4, -0.2) is 38.5 Å². The molecule has 0 N–H and O–H groups in total. The molecule has 0 unspecified atom stereocenters. The first-order valence-corrected chi connectivity index (χ1v) is 17.0. The average molecular weight is 742 g/mol. The standard InChI is InChI=1S/C38H33BrN2O7S/c1-5-47-37(43)32-33(25-14-10-7-11-15-25)40-38-41(34(32)26-16-17-28(44-2)29(21-26)45-3)36(42)31(49-38)20-24-18-27(39)35(30(19-24)46-4)48-22-23-12-8-6-9-13-23/h6-21,34H,5,22H2,1-4H3/b31-20-/t34-/m1/s1. The molecule has 0 saturated carbocycles. The molecule has 0 bridgehead atoms. The summed E-state index contributed by atoms with van der Waals surface area (Å²) in [6.45, 7) is 2.25. The Kier molecular flexibility index (Phi) is 10.3. The Hall–Kier alpha value is -5.13. The van der Waals surface area contributed by atoms with Crippen molar-refractivity contribution in [2.24, 2.45) is 4.99 Å². The minimum Gasteiger partial charge on any atom is -0.493 e. The Bertz CT molecular complexity index is 2210. The Labute approximate surface area is 295 Å². The molecular weight excluding hydrogens is 708 g/mol. The maximum absolute atomic E-state index is 14.4. The number of hydrogen-bond acceptors (Lipinski definition) is 9. The highest BCUT2D eigenvalue weighted by atomic mass is 79.9. The Morgan fingerprint density at radius 2 is 1.59 bits per heavy atom. The second kappa shape index (κ2) is 15.0. The van der Waals surface area contributed by atoms with Gasteiger partial charge in [-0.3, -0.25) is 9.36 Å². The molecular formula is C38H33BrN2O7S. The molecule has 5 aromatic rings. The molecule has 250 valence electrons. The van der Waals surface area contributed by atoms with Crippen molar-refractivity contribution in [1.29, 1.82) is 0 Å². The van der Waals surface area contributed by atoms with Crippen molar-refractivity contribution in [2.45, 2.75) is 19.6 Å². The van der Waals surface area contributed by atoms with Crippen LogP contribution in [0.2, 0.25) is 0 Å². The first kappa shape index (κ1) is 33.8. The SMILES string of the molecule is CCOC(=O)C1=C(c2ccccc2)N=c2s/c(=C\c3cc(Br)c(OCc4ccccc4)c(OC)c3)c(=O)n2[C@@H]1c1ccc(OC)c(OC)c1. The minimum atomic E-state index is -0.873. The third kappa shape index (κ3) is 6.90. The second-order valence-electron chi connectivity index (χ2n) is 10.9. The number of ether oxygens (including phenoxy) is 5. The van der Waals surface area contributed by atoms with E-state index in [0.717, 1.165) is 5.56 Å². The highest BCUT2D eigenvalue weighted by Gasteiger charge is 2.35. The van der Waals surface area contributed by atoms with E-state index in [1.807, 2.05) is 78.9 Å². The topological polar surface area (TPSA) is 97.6 Å². The Balaban J connectivity index is 1.53. The predicted molar refractivity (Wildman–Crippen MR) is 192 cm³/mol. The normalized spacial score (nSPS) is 14.1. The number of rotatable bonds is 11. The molecule has 0 spiro atoms. The summed E-state index contributed by atoms with van der Waals surface area (Å²) in [6, 6.07) is 27.4. The van der Waals surface area contributed by atoms with Crippen LogP contribution in [0.4, 0.5) is 0 Å². The zero-order chi connectivity index (χ0) is 34.5. The van der Waals surface area contributed by atoms with E-state index in [4.69, 9.17) is 28.7 Å². The molecule has 11 heteroatoms. The number of halogens is 1. The molecule has 0 amide bonds. The number of thiazole rings is 1. The summed E-state index contributed by atoms with van der Waals surface area (Å²) in [5.74, 6) is 1.45. The number of aromatic nitrogens is 1. The van der Waals surface area contributed by atoms with E-state index in [0.29, 0.717) is 65.8 Å². The first-order valence-electron chi connectivity index (χ1n) is 15.4. The van der Waals surface area contributed by atoms with Crippen LogP contribution in [0.25, 0.3) is 11.8 Å². The number of carbonyl (C=O) groups excluding carboxylic acids is 1. The third-order valence-corrected chi connectivity index (χ3v) is 9.44. The second-order valence-corrected chi connectivity index (χ2v) is 12.7. The summed E-state index contributed by atoms with van der Waals surface area (Å²) < 4.78 is 31.1. The van der Waals surface area contributed by atoms with Crippen LogP contribution >= 0.6 is 27.3 Å². The van der Waals surface area contributed by atoms with Crippen molar-refractivity contribution in [3.63, 3.8) is 0 Å². The van der Waals surface area contributed by atoms with Crippen LogP contribution in [0.15, 0.2) is 111 Å². The van der Waals surface area contributed by atoms with Gasteiger partial charge < -0.3 is 23.7 Å². The van der Waals surface area contributed by atoms with Gasteiger partial charge in [-0.1, -0.05) is 78.1 Å². The van der Waals surface area contributed by atoms with Gasteiger partial charge >= 0.3 is 5.97 Å². The molecule has 0 aliphatic carbocycles. The molecule has 1 atom stereocenters. The third-order valence-electron chi connectivity index (χ3n) is 7.87. The molecule has 2 heterocycles. The number of methoxy groups -OCH3 is 3. The highest BCUT2D eigenvalue weighted by Crippen LogP contribution is 2.39. The molecule has 1 aliphatic rings. The van der Waals surface area contributed by atoms with Gasteiger partial charge in [0, 0.05) is 5.56 Å². The smallest absolute Gasteiger partial charge is 0.338 e. The zero-order valence-corrected chi connectivity index (χ0v) is 29.7. The monoisotopic (exact) mass is 740 g/mol. The van der Waals surface area contributed by atoms with E-state index in [1.165, 1.54) is 18.4 Å². The number of nitrogens with zero attached hydrogens (tertiary/aromatic N) is 2. The van der Waals surface area contributed by atoms with Gasteiger partial charge in [-0.15, -0.1) is 0 Å². The Morgan fingerprint density at radius 1 is 0.898 bits per heavy atom.